The quantitative estimate of drug-likeness (QED) is 0.722. The summed E-state index contributed by atoms with van der Waals surface area (Å²) in [5.74, 6) is 0.00593. The van der Waals surface area contributed by atoms with Crippen LogP contribution in [0.3, 0.4) is 0 Å². The smallest absolute Gasteiger partial charge is 0.243 e. The van der Waals surface area contributed by atoms with Crippen molar-refractivity contribution in [2.75, 3.05) is 5.75 Å². The van der Waals surface area contributed by atoms with Crippen LogP contribution < -0.4 is 10.6 Å². The number of hydrogen-bond acceptors (Lipinski definition) is 3. The van der Waals surface area contributed by atoms with Crippen LogP contribution in [0.4, 0.5) is 0 Å². The Hall–Kier alpha value is -1.98. The van der Waals surface area contributed by atoms with Crippen molar-refractivity contribution in [3.05, 3.63) is 65.2 Å². The Morgan fingerprint density at radius 3 is 2.28 bits per heavy atom. The first kappa shape index (κ1) is 19.3. The molecule has 2 amide bonds. The van der Waals surface area contributed by atoms with Crippen molar-refractivity contribution in [3.8, 4) is 0 Å². The van der Waals surface area contributed by atoms with E-state index in [-0.39, 0.29) is 17.9 Å². The van der Waals surface area contributed by atoms with Crippen molar-refractivity contribution in [1.82, 2.24) is 10.6 Å². The molecule has 0 aliphatic rings. The molecule has 2 N–H and O–H groups in total. The lowest BCUT2D eigenvalue weighted by Gasteiger charge is -2.21. The van der Waals surface area contributed by atoms with Gasteiger partial charge in [0.05, 0.1) is 6.04 Å². The lowest BCUT2D eigenvalue weighted by molar-refractivity contribution is -0.127. The van der Waals surface area contributed by atoms with Gasteiger partial charge in [0.25, 0.3) is 0 Å². The molecule has 2 rings (SSSR count). The summed E-state index contributed by atoms with van der Waals surface area (Å²) < 4.78 is 0. The number of thioether (sulfide) groups is 1. The molecule has 2 aromatic carbocycles. The number of rotatable bonds is 7. The van der Waals surface area contributed by atoms with Gasteiger partial charge in [-0.25, -0.2) is 0 Å². The second kappa shape index (κ2) is 9.49. The number of amides is 2. The Morgan fingerprint density at radius 2 is 1.68 bits per heavy atom. The maximum Gasteiger partial charge on any atom is 0.243 e. The Bertz CT molecular complexity index is 707. The average molecular weight is 377 g/mol. The summed E-state index contributed by atoms with van der Waals surface area (Å²) in [6.45, 7) is 3.33. The predicted molar refractivity (Wildman–Crippen MR) is 103 cm³/mol. The Balaban J connectivity index is 1.98. The summed E-state index contributed by atoms with van der Waals surface area (Å²) >= 11 is 7.38. The molecule has 2 atom stereocenters. The number of hydrogen-bond donors (Lipinski definition) is 2. The van der Waals surface area contributed by atoms with E-state index in [1.54, 1.807) is 12.1 Å². The van der Waals surface area contributed by atoms with Gasteiger partial charge in [0.15, 0.2) is 0 Å². The topological polar surface area (TPSA) is 58.2 Å². The molecule has 2 aromatic rings. The minimum atomic E-state index is -0.607. The maximum absolute atomic E-state index is 12.6. The van der Waals surface area contributed by atoms with E-state index in [4.69, 9.17) is 11.6 Å². The molecule has 0 spiro atoms. The van der Waals surface area contributed by atoms with Crippen LogP contribution in [0.15, 0.2) is 59.5 Å². The zero-order chi connectivity index (χ0) is 18.2. The molecule has 0 saturated carbocycles. The Kier molecular flexibility index (Phi) is 7.34. The zero-order valence-corrected chi connectivity index (χ0v) is 15.7. The Morgan fingerprint density at radius 1 is 1.04 bits per heavy atom. The molecule has 0 aromatic heterocycles. The first-order valence-corrected chi connectivity index (χ1v) is 9.33. The maximum atomic E-state index is 12.6. The van der Waals surface area contributed by atoms with E-state index in [1.807, 2.05) is 49.4 Å². The molecule has 0 heterocycles. The molecule has 0 fully saturated rings. The molecule has 0 bridgehead atoms. The van der Waals surface area contributed by atoms with Crippen molar-refractivity contribution in [3.63, 3.8) is 0 Å². The number of benzene rings is 2. The summed E-state index contributed by atoms with van der Waals surface area (Å²) in [6.07, 6.45) is 0. The molecule has 4 nitrogen and oxygen atoms in total. The molecule has 0 aliphatic carbocycles. The third kappa shape index (κ3) is 6.44. The van der Waals surface area contributed by atoms with Crippen LogP contribution in [0.2, 0.25) is 5.02 Å². The van der Waals surface area contributed by atoms with Crippen LogP contribution in [0.25, 0.3) is 0 Å². The van der Waals surface area contributed by atoms with Gasteiger partial charge < -0.3 is 10.6 Å². The second-order valence-corrected chi connectivity index (χ2v) is 7.19. The largest absolute Gasteiger partial charge is 0.348 e. The van der Waals surface area contributed by atoms with Gasteiger partial charge in [-0.15, -0.1) is 11.8 Å². The second-order valence-electron chi connectivity index (χ2n) is 5.66. The van der Waals surface area contributed by atoms with Gasteiger partial charge >= 0.3 is 0 Å². The number of halogens is 1. The van der Waals surface area contributed by atoms with Crippen molar-refractivity contribution < 1.29 is 9.59 Å². The third-order valence-corrected chi connectivity index (χ3v) is 4.94. The lowest BCUT2D eigenvalue weighted by atomic mass is 10.1. The Labute approximate surface area is 157 Å². The number of nitrogens with one attached hydrogen (secondary N) is 2. The van der Waals surface area contributed by atoms with Crippen LogP contribution in [0, 0.1) is 0 Å². The highest BCUT2D eigenvalue weighted by Crippen LogP contribution is 2.21. The first-order valence-electron chi connectivity index (χ1n) is 7.96. The predicted octanol–water partition coefficient (Wildman–Crippen LogP) is 3.81. The summed E-state index contributed by atoms with van der Waals surface area (Å²) in [4.78, 5) is 25.0. The van der Waals surface area contributed by atoms with Crippen LogP contribution in [0.1, 0.15) is 25.5 Å². The van der Waals surface area contributed by atoms with E-state index in [2.05, 4.69) is 10.6 Å². The normalized spacial score (nSPS) is 12.9. The fourth-order valence-corrected chi connectivity index (χ4v) is 3.33. The van der Waals surface area contributed by atoms with E-state index >= 15 is 0 Å². The zero-order valence-electron chi connectivity index (χ0n) is 14.2. The van der Waals surface area contributed by atoms with Crippen molar-refractivity contribution >= 4 is 35.2 Å². The molecule has 0 radical (unpaired) electrons. The highest BCUT2D eigenvalue weighted by Gasteiger charge is 2.21. The fourth-order valence-electron chi connectivity index (χ4n) is 2.28. The highest BCUT2D eigenvalue weighted by molar-refractivity contribution is 7.99. The molecular weight excluding hydrogens is 356 g/mol. The van der Waals surface area contributed by atoms with Crippen LogP contribution >= 0.6 is 23.4 Å². The third-order valence-electron chi connectivity index (χ3n) is 3.58. The lowest BCUT2D eigenvalue weighted by Crippen LogP contribution is -2.48. The minimum absolute atomic E-state index is 0.134. The molecular formula is C19H21ClN2O2S. The van der Waals surface area contributed by atoms with Gasteiger partial charge in [-0.3, -0.25) is 9.59 Å². The van der Waals surface area contributed by atoms with Crippen LogP contribution in [-0.2, 0) is 9.59 Å². The highest BCUT2D eigenvalue weighted by atomic mass is 35.5. The summed E-state index contributed by atoms with van der Waals surface area (Å²) in [7, 11) is 0. The van der Waals surface area contributed by atoms with E-state index in [9.17, 15) is 9.59 Å². The van der Waals surface area contributed by atoms with E-state index in [0.717, 1.165) is 10.5 Å². The van der Waals surface area contributed by atoms with Crippen molar-refractivity contribution in [1.29, 1.82) is 0 Å². The number of carbonyl (C=O) groups excluding carboxylic acids is 2. The summed E-state index contributed by atoms with van der Waals surface area (Å²) in [6, 6.07) is 16.4. The monoisotopic (exact) mass is 376 g/mol. The molecule has 0 saturated heterocycles. The van der Waals surface area contributed by atoms with Gasteiger partial charge in [0, 0.05) is 22.6 Å². The van der Waals surface area contributed by atoms with Crippen molar-refractivity contribution in [2.45, 2.75) is 30.8 Å². The van der Waals surface area contributed by atoms with E-state index in [1.165, 1.54) is 18.7 Å². The SMILES string of the molecule is CC(=O)NC(CSc1ccc(Cl)cc1)C(=O)NC(C)c1ccccc1. The molecule has 2 unspecified atom stereocenters. The van der Waals surface area contributed by atoms with Gasteiger partial charge in [0.1, 0.15) is 6.04 Å². The van der Waals surface area contributed by atoms with E-state index in [0.29, 0.717) is 10.8 Å². The summed E-state index contributed by atoms with van der Waals surface area (Å²) in [5.41, 5.74) is 1.02. The molecule has 132 valence electrons. The van der Waals surface area contributed by atoms with Gasteiger partial charge in [-0.05, 0) is 36.8 Å². The molecule has 0 aliphatic heterocycles. The van der Waals surface area contributed by atoms with Crippen LogP contribution in [-0.4, -0.2) is 23.6 Å². The minimum Gasteiger partial charge on any atom is -0.348 e. The summed E-state index contributed by atoms with van der Waals surface area (Å²) in [5, 5.41) is 6.34. The van der Waals surface area contributed by atoms with Gasteiger partial charge in [0.2, 0.25) is 11.8 Å². The molecule has 6 heteroatoms. The van der Waals surface area contributed by atoms with Gasteiger partial charge in [-0.1, -0.05) is 41.9 Å². The number of carbonyl (C=O) groups is 2. The first-order chi connectivity index (χ1) is 12.0. The average Bonchev–Trinajstić information content (AvgIpc) is 2.60. The standard InChI is InChI=1S/C19H21ClN2O2S/c1-13(15-6-4-3-5-7-15)21-19(24)18(22-14(2)23)12-25-17-10-8-16(20)9-11-17/h3-11,13,18H,12H2,1-2H3,(H,21,24)(H,22,23). The van der Waals surface area contributed by atoms with E-state index < -0.39 is 6.04 Å². The fraction of sp³-hybridized carbons (Fsp3) is 0.263. The van der Waals surface area contributed by atoms with Crippen molar-refractivity contribution in [2.24, 2.45) is 0 Å². The molecule has 25 heavy (non-hydrogen) atoms. The van der Waals surface area contributed by atoms with Crippen LogP contribution in [0.5, 0.6) is 0 Å². The van der Waals surface area contributed by atoms with Gasteiger partial charge in [-0.2, -0.15) is 0 Å².